The molecule has 2 aliphatic rings. The third kappa shape index (κ3) is 18.9. The van der Waals surface area contributed by atoms with Gasteiger partial charge in [-0.15, -0.1) is 40.8 Å². The molecule has 4 N–H and O–H groups in total. The Balaban J connectivity index is 0.000000126. The van der Waals surface area contributed by atoms with E-state index in [0.29, 0.717) is 168 Å². The van der Waals surface area contributed by atoms with Crippen LogP contribution in [0.2, 0.25) is 20.1 Å². The number of benzene rings is 8. The van der Waals surface area contributed by atoms with Crippen molar-refractivity contribution in [2.75, 3.05) is 45.8 Å². The lowest BCUT2D eigenvalue weighted by Gasteiger charge is -2.29. The molecular weight excluding hydrogens is 1620 g/mol. The molecule has 16 aromatic rings. The van der Waals surface area contributed by atoms with Gasteiger partial charge in [-0.25, -0.2) is 18.7 Å². The highest BCUT2D eigenvalue weighted by Gasteiger charge is 2.31. The molecule has 18 rings (SSSR count). The van der Waals surface area contributed by atoms with E-state index in [4.69, 9.17) is 61.7 Å². The van der Waals surface area contributed by atoms with Crippen molar-refractivity contribution in [2.45, 2.75) is 65.9 Å². The van der Waals surface area contributed by atoms with Crippen LogP contribution in [-0.4, -0.2) is 170 Å². The Hall–Kier alpha value is -13.5. The Labute approximate surface area is 722 Å². The molecule has 2 aliphatic heterocycles. The van der Waals surface area contributed by atoms with Gasteiger partial charge in [-0.1, -0.05) is 316 Å². The molecule has 0 spiro atoms. The number of piperazine rings is 1. The minimum Gasteiger partial charge on any atom is -0.391 e. The van der Waals surface area contributed by atoms with E-state index in [2.05, 4.69) is 68.4 Å². The lowest BCUT2D eigenvalue weighted by molar-refractivity contribution is -0.132. The summed E-state index contributed by atoms with van der Waals surface area (Å²) in [5, 5.41) is 77.2. The zero-order chi connectivity index (χ0) is 84.8. The van der Waals surface area contributed by atoms with Crippen LogP contribution in [0.4, 0.5) is 0 Å². The molecule has 122 heavy (non-hydrogen) atoms. The summed E-state index contributed by atoms with van der Waals surface area (Å²) in [6.07, 6.45) is 0.987. The van der Waals surface area contributed by atoms with Crippen molar-refractivity contribution in [3.63, 3.8) is 0 Å². The average molecular weight is 1700 g/mol. The fraction of sp³-hybridized carbons (Fsp3) is 0.196. The maximum atomic E-state index is 13.0. The van der Waals surface area contributed by atoms with Crippen LogP contribution in [0.5, 0.6) is 0 Å². The van der Waals surface area contributed by atoms with Gasteiger partial charge in [-0.2, -0.15) is 20.4 Å². The molecule has 2 fully saturated rings. The van der Waals surface area contributed by atoms with E-state index < -0.39 is 6.10 Å². The standard InChI is InChI=1S/C24H21ClN6O.C23H20ClN5O2.C23H22ClN5O.C22H20ClN5O/c1-16-14-30(13-12-26-16)19(32)15-31-24-20(22(29-31)17-8-4-2-5-9-17)21(25)23(27-28-24)18-10-6-3-7-11-18;24-20-19-21(15-7-3-1-4-8-15)27-29(14-18(31)28-12-11-17(30)13-28)23(19)26-25-22(20)16-9-5-2-6-10-16;1-15(2)13-25-18(30)14-29-23-19(21(28-29)16-9-5-3-6-10-16)20(24)22(26-27-23)17-11-7-4-8-12-17;1-2-13-24-17(29)14-28-22-18(20(27-28)15-9-5-3-6-10-15)19(23)21(25-26-22)16-11-7-4-8-12-16/h2-11,26H,1,12-15H2;1-10,17,30H,11-14H2;3-12,15H,13-14H2,1-2H3,(H,25,30);3-12H,2,13-14H2,1H3,(H,24,29). The van der Waals surface area contributed by atoms with E-state index in [0.717, 1.165) is 56.6 Å². The molecule has 0 saturated carbocycles. The highest BCUT2D eigenvalue weighted by Crippen LogP contribution is 2.42. The highest BCUT2D eigenvalue weighted by atomic mass is 35.5. The molecule has 2 saturated heterocycles. The van der Waals surface area contributed by atoms with E-state index in [1.165, 1.54) is 0 Å². The van der Waals surface area contributed by atoms with Gasteiger partial charge in [0.15, 0.2) is 22.6 Å². The third-order valence-electron chi connectivity index (χ3n) is 20.2. The van der Waals surface area contributed by atoms with Crippen LogP contribution in [0.3, 0.4) is 0 Å². The van der Waals surface area contributed by atoms with Crippen molar-refractivity contribution in [3.05, 3.63) is 275 Å². The number of β-amino-alcohol motifs (C(OH)–C–C–N with tert-alkyl or cyclic N) is 1. The molecule has 0 aliphatic carbocycles. The van der Waals surface area contributed by atoms with E-state index in [1.54, 1.807) is 28.5 Å². The summed E-state index contributed by atoms with van der Waals surface area (Å²) >= 11 is 27.4. The number of likely N-dealkylation sites (tertiary alicyclic amines) is 1. The predicted octanol–water partition coefficient (Wildman–Crippen LogP) is 16.1. The van der Waals surface area contributed by atoms with E-state index >= 15 is 0 Å². The molecule has 8 aromatic carbocycles. The molecule has 8 aromatic heterocycles. The van der Waals surface area contributed by atoms with Gasteiger partial charge in [0.2, 0.25) is 23.6 Å². The van der Waals surface area contributed by atoms with Crippen molar-refractivity contribution < 1.29 is 24.3 Å². The number of carbonyl (C=O) groups is 4. The first kappa shape index (κ1) is 83.6. The second-order valence-electron chi connectivity index (χ2n) is 29.4. The first-order chi connectivity index (χ1) is 59.5. The lowest BCUT2D eigenvalue weighted by Crippen LogP contribution is -2.46. The quantitative estimate of drug-likeness (QED) is 0.0551. The summed E-state index contributed by atoms with van der Waals surface area (Å²) in [5.74, 6) is -0.0584. The number of nitrogens with zero attached hydrogens (tertiary/aromatic N) is 18. The van der Waals surface area contributed by atoms with Gasteiger partial charge in [0.1, 0.15) is 71.7 Å². The van der Waals surface area contributed by atoms with Crippen LogP contribution in [0.25, 0.3) is 134 Å². The molecule has 614 valence electrons. The summed E-state index contributed by atoms with van der Waals surface area (Å²) in [7, 11) is 0. The third-order valence-corrected chi connectivity index (χ3v) is 21.7. The molecule has 1 unspecified atom stereocenters. The summed E-state index contributed by atoms with van der Waals surface area (Å²) in [5.41, 5.74) is 14.8. The van der Waals surface area contributed by atoms with Gasteiger partial charge in [-0.3, -0.25) is 19.2 Å². The lowest BCUT2D eigenvalue weighted by atomic mass is 10.1. The van der Waals surface area contributed by atoms with Gasteiger partial charge in [0.05, 0.1) is 54.3 Å². The van der Waals surface area contributed by atoms with Gasteiger partial charge >= 0.3 is 0 Å². The van der Waals surface area contributed by atoms with Gasteiger partial charge in [0, 0.05) is 89.5 Å². The summed E-state index contributed by atoms with van der Waals surface area (Å²) in [6.45, 7) is 14.1. The first-order valence-corrected chi connectivity index (χ1v) is 41.3. The molecule has 1 atom stereocenters. The number of amides is 4. The number of halogens is 4. The van der Waals surface area contributed by atoms with Crippen LogP contribution >= 0.6 is 46.4 Å². The SMILES string of the molecule is C=C1CN(C(=O)Cn2nc(-c3ccccc3)c3c(Cl)c(-c4ccccc4)nnc32)CCN1.CC(C)CNC(=O)Cn1nc(-c2ccccc2)c2c(Cl)c(-c3ccccc3)nnc21.CCCNC(=O)Cn1nc(-c2ccccc2)c2c(Cl)c(-c3ccccc3)nnc21.O=C(Cn1nc(-c2ccccc2)c2c(Cl)c(-c3ccccc3)nnc21)N1CCC(O)C1. The fourth-order valence-corrected chi connectivity index (χ4v) is 15.4. The first-order valence-electron chi connectivity index (χ1n) is 39.8. The second-order valence-corrected chi connectivity index (χ2v) is 30.9. The van der Waals surface area contributed by atoms with Crippen molar-refractivity contribution in [1.29, 1.82) is 0 Å². The van der Waals surface area contributed by atoms with Gasteiger partial charge in [0.25, 0.3) is 0 Å². The maximum Gasteiger partial charge on any atom is 0.244 e. The number of aliphatic hydroxyl groups excluding tert-OH is 1. The number of nitrogens with one attached hydrogen (secondary N) is 3. The molecular formula is C92H83Cl4N21O5. The Morgan fingerprint density at radius 2 is 0.680 bits per heavy atom. The average Bonchev–Trinajstić information content (AvgIpc) is 1.60. The van der Waals surface area contributed by atoms with Crippen LogP contribution in [0, 0.1) is 5.92 Å². The largest absolute Gasteiger partial charge is 0.391 e. The van der Waals surface area contributed by atoms with Crippen LogP contribution in [0.15, 0.2) is 255 Å². The molecule has 4 amide bonds. The molecule has 26 nitrogen and oxygen atoms in total. The van der Waals surface area contributed by atoms with Crippen molar-refractivity contribution in [2.24, 2.45) is 5.92 Å². The number of aliphatic hydroxyl groups is 1. The number of carbonyl (C=O) groups excluding carboxylic acids is 4. The molecule has 30 heteroatoms. The molecule has 10 heterocycles. The number of aromatic nitrogens is 16. The number of rotatable bonds is 20. The monoisotopic (exact) mass is 1700 g/mol. The second kappa shape index (κ2) is 38.7. The molecule has 0 radical (unpaired) electrons. The number of hydrogen-bond acceptors (Lipinski definition) is 18. The number of hydrogen-bond donors (Lipinski definition) is 4. The Kier molecular flexibility index (Phi) is 26.5. The maximum absolute atomic E-state index is 13.0. The van der Waals surface area contributed by atoms with Crippen LogP contribution in [0.1, 0.15) is 33.6 Å². The summed E-state index contributed by atoms with van der Waals surface area (Å²) < 4.78 is 6.29. The van der Waals surface area contributed by atoms with E-state index in [-0.39, 0.29) is 49.8 Å². The zero-order valence-electron chi connectivity index (χ0n) is 66.8. The highest BCUT2D eigenvalue weighted by molar-refractivity contribution is 6.40. The number of fused-ring (bicyclic) bond motifs is 4. The topological polar surface area (TPSA) is 305 Å². The minimum absolute atomic E-state index is 0.00570. The van der Waals surface area contributed by atoms with E-state index in [1.807, 2.05) is 263 Å². The minimum atomic E-state index is -0.471. The predicted molar refractivity (Wildman–Crippen MR) is 477 cm³/mol. The summed E-state index contributed by atoms with van der Waals surface area (Å²) in [6, 6.07) is 77.6. The smallest absolute Gasteiger partial charge is 0.244 e. The van der Waals surface area contributed by atoms with Gasteiger partial charge in [-0.05, 0) is 18.8 Å². The Morgan fingerprint density at radius 1 is 0.402 bits per heavy atom. The van der Waals surface area contributed by atoms with Crippen LogP contribution < -0.4 is 16.0 Å². The zero-order valence-corrected chi connectivity index (χ0v) is 69.8. The fourth-order valence-electron chi connectivity index (χ4n) is 14.2. The Bertz CT molecular complexity index is 6410. The Morgan fingerprint density at radius 3 is 0.951 bits per heavy atom. The van der Waals surface area contributed by atoms with Crippen molar-refractivity contribution in [3.8, 4) is 90.1 Å². The van der Waals surface area contributed by atoms with Crippen LogP contribution in [-0.2, 0) is 45.4 Å². The van der Waals surface area contributed by atoms with Gasteiger partial charge < -0.3 is 30.9 Å². The normalized spacial score (nSPS) is 13.1. The van der Waals surface area contributed by atoms with Crippen molar-refractivity contribution >= 4 is 114 Å². The summed E-state index contributed by atoms with van der Waals surface area (Å²) in [4.78, 5) is 53.9. The van der Waals surface area contributed by atoms with E-state index in [9.17, 15) is 24.3 Å². The molecule has 0 bridgehead atoms. The van der Waals surface area contributed by atoms with Crippen molar-refractivity contribution in [1.82, 2.24) is 106 Å².